The maximum atomic E-state index is 13.4. The second-order valence-corrected chi connectivity index (χ2v) is 9.80. The van der Waals surface area contributed by atoms with E-state index in [9.17, 15) is 9.65 Å². The number of nitriles is 1. The van der Waals surface area contributed by atoms with Crippen LogP contribution in [-0.2, 0) is 6.42 Å². The molecule has 0 radical (unpaired) electrons. The summed E-state index contributed by atoms with van der Waals surface area (Å²) in [7, 11) is 3.19. The summed E-state index contributed by atoms with van der Waals surface area (Å²) in [6, 6.07) is 11.9. The van der Waals surface area contributed by atoms with E-state index >= 15 is 0 Å². The average molecular weight is 525 g/mol. The minimum atomic E-state index is -0.421. The van der Waals surface area contributed by atoms with Gasteiger partial charge in [0.1, 0.15) is 23.0 Å². The van der Waals surface area contributed by atoms with E-state index in [0.29, 0.717) is 46.7 Å². The van der Waals surface area contributed by atoms with E-state index in [1.54, 1.807) is 20.3 Å². The number of nitrogens with one attached hydrogen (secondary N) is 1. The van der Waals surface area contributed by atoms with Gasteiger partial charge in [-0.15, -0.1) is 21.5 Å². The molecule has 0 aliphatic rings. The van der Waals surface area contributed by atoms with Gasteiger partial charge >= 0.3 is 0 Å². The number of thiazole rings is 1. The molecule has 1 N–H and O–H groups in total. The van der Waals surface area contributed by atoms with Crippen molar-refractivity contribution in [1.29, 1.82) is 5.26 Å². The van der Waals surface area contributed by atoms with E-state index in [0.717, 1.165) is 16.3 Å². The fraction of sp³-hybridized carbons (Fsp3) is 0.280. The Labute approximate surface area is 217 Å². The van der Waals surface area contributed by atoms with Gasteiger partial charge in [-0.2, -0.15) is 5.26 Å². The summed E-state index contributed by atoms with van der Waals surface area (Å²) >= 11 is 2.90. The molecule has 36 heavy (non-hydrogen) atoms. The minimum Gasteiger partial charge on any atom is -0.494 e. The van der Waals surface area contributed by atoms with Crippen molar-refractivity contribution in [3.63, 3.8) is 0 Å². The normalized spacial score (nSPS) is 10.9. The van der Waals surface area contributed by atoms with Gasteiger partial charge in [-0.05, 0) is 54.1 Å². The fourth-order valence-electron chi connectivity index (χ4n) is 3.55. The first-order valence-electron chi connectivity index (χ1n) is 11.2. The zero-order valence-corrected chi connectivity index (χ0v) is 21.9. The summed E-state index contributed by atoms with van der Waals surface area (Å²) in [6.07, 6.45) is 0.573. The van der Waals surface area contributed by atoms with Gasteiger partial charge in [-0.25, -0.2) is 9.37 Å². The van der Waals surface area contributed by atoms with Crippen LogP contribution in [0.5, 0.6) is 11.5 Å². The van der Waals surface area contributed by atoms with Gasteiger partial charge in [-0.3, -0.25) is 9.29 Å². The minimum absolute atomic E-state index is 0.282. The fourth-order valence-corrected chi connectivity index (χ4v) is 5.19. The molecule has 2 aromatic carbocycles. The number of halogens is 1. The molecule has 0 amide bonds. The van der Waals surface area contributed by atoms with Gasteiger partial charge in [0, 0.05) is 11.1 Å². The SMILES string of the molecule is COc1cccc(OC)c1-n1c(NSCCc2ccc(F)cc2C#N)nnc1-c1nc(C(C)C)cs1. The summed E-state index contributed by atoms with van der Waals surface area (Å²) in [4.78, 5) is 4.77. The molecule has 0 bridgehead atoms. The van der Waals surface area contributed by atoms with Crippen LogP contribution in [0, 0.1) is 17.1 Å². The lowest BCUT2D eigenvalue weighted by atomic mass is 10.1. The molecule has 4 aromatic rings. The third-order valence-corrected chi connectivity index (χ3v) is 7.01. The second kappa shape index (κ2) is 11.4. The number of para-hydroxylation sites is 1. The lowest BCUT2D eigenvalue weighted by molar-refractivity contribution is 0.391. The number of rotatable bonds is 10. The van der Waals surface area contributed by atoms with Crippen LogP contribution in [0.25, 0.3) is 16.5 Å². The summed E-state index contributed by atoms with van der Waals surface area (Å²) in [5, 5.41) is 20.9. The standard InChI is InChI=1S/C25H25FN6O2S2/c1-15(2)19-14-35-24(28-19)23-29-30-25(32(23)22-20(33-3)6-5-7-21(22)34-4)31-36-11-10-16-8-9-18(26)12-17(16)13-27/h5-9,12,14-15H,10-11H2,1-4H3,(H,30,31). The molecular formula is C25H25FN6O2S2. The molecule has 11 heteroatoms. The lowest BCUT2D eigenvalue weighted by Crippen LogP contribution is -2.07. The highest BCUT2D eigenvalue weighted by Gasteiger charge is 2.24. The van der Waals surface area contributed by atoms with Crippen LogP contribution in [-0.4, -0.2) is 39.7 Å². The number of ether oxygens (including phenoxy) is 2. The molecule has 0 aliphatic heterocycles. The van der Waals surface area contributed by atoms with Gasteiger partial charge in [-0.1, -0.05) is 26.0 Å². The second-order valence-electron chi connectivity index (χ2n) is 8.04. The largest absolute Gasteiger partial charge is 0.494 e. The smallest absolute Gasteiger partial charge is 0.239 e. The number of nitrogens with zero attached hydrogens (tertiary/aromatic N) is 5. The Balaban J connectivity index is 1.66. The molecule has 0 fully saturated rings. The number of anilines is 1. The molecule has 8 nitrogen and oxygen atoms in total. The van der Waals surface area contributed by atoms with Gasteiger partial charge in [0.05, 0.1) is 31.5 Å². The maximum Gasteiger partial charge on any atom is 0.239 e. The molecule has 4 rings (SSSR count). The molecule has 2 heterocycles. The molecule has 0 saturated carbocycles. The Bertz CT molecular complexity index is 1370. The van der Waals surface area contributed by atoms with E-state index in [1.165, 1.54) is 35.4 Å². The first-order chi connectivity index (χ1) is 17.5. The van der Waals surface area contributed by atoms with E-state index in [4.69, 9.17) is 14.5 Å². The number of hydrogen-bond acceptors (Lipinski definition) is 9. The number of benzene rings is 2. The summed E-state index contributed by atoms with van der Waals surface area (Å²) < 4.78 is 29.9. The van der Waals surface area contributed by atoms with Gasteiger partial charge < -0.3 is 9.47 Å². The van der Waals surface area contributed by atoms with Crippen molar-refractivity contribution >= 4 is 29.2 Å². The Hall–Kier alpha value is -3.62. The van der Waals surface area contributed by atoms with Crippen molar-refractivity contribution < 1.29 is 13.9 Å². The Morgan fingerprint density at radius 1 is 1.17 bits per heavy atom. The predicted octanol–water partition coefficient (Wildman–Crippen LogP) is 5.84. The van der Waals surface area contributed by atoms with Crippen molar-refractivity contribution in [3.8, 4) is 34.1 Å². The van der Waals surface area contributed by atoms with Crippen LogP contribution < -0.4 is 14.2 Å². The molecule has 0 unspecified atom stereocenters. The third-order valence-electron chi connectivity index (χ3n) is 5.42. The molecule has 0 atom stereocenters. The molecule has 186 valence electrons. The highest BCUT2D eigenvalue weighted by molar-refractivity contribution is 8.00. The van der Waals surface area contributed by atoms with Crippen LogP contribution in [0.15, 0.2) is 41.8 Å². The summed E-state index contributed by atoms with van der Waals surface area (Å²) in [5.41, 5.74) is 2.75. The van der Waals surface area contributed by atoms with Crippen molar-refractivity contribution in [2.75, 3.05) is 24.7 Å². The number of hydrogen-bond donors (Lipinski definition) is 1. The van der Waals surface area contributed by atoms with Crippen molar-refractivity contribution in [3.05, 3.63) is 64.4 Å². The highest BCUT2D eigenvalue weighted by atomic mass is 32.2. The van der Waals surface area contributed by atoms with Crippen molar-refractivity contribution in [2.24, 2.45) is 0 Å². The van der Waals surface area contributed by atoms with Crippen LogP contribution in [0.2, 0.25) is 0 Å². The molecular weight excluding hydrogens is 499 g/mol. The third kappa shape index (κ3) is 5.29. The van der Waals surface area contributed by atoms with E-state index in [1.807, 2.05) is 28.1 Å². The monoisotopic (exact) mass is 524 g/mol. The van der Waals surface area contributed by atoms with E-state index in [-0.39, 0.29) is 5.92 Å². The Morgan fingerprint density at radius 2 is 1.92 bits per heavy atom. The zero-order chi connectivity index (χ0) is 25.7. The molecule has 0 aliphatic carbocycles. The lowest BCUT2D eigenvalue weighted by Gasteiger charge is -2.17. The van der Waals surface area contributed by atoms with Crippen LogP contribution in [0.3, 0.4) is 0 Å². The first-order valence-corrected chi connectivity index (χ1v) is 13.0. The summed E-state index contributed by atoms with van der Waals surface area (Å²) in [6.45, 7) is 4.19. The number of aromatic nitrogens is 4. The topological polar surface area (TPSA) is 97.9 Å². The van der Waals surface area contributed by atoms with Gasteiger partial charge in [0.25, 0.3) is 0 Å². The quantitative estimate of drug-likeness (QED) is 0.204. The van der Waals surface area contributed by atoms with Crippen LogP contribution >= 0.6 is 23.3 Å². The van der Waals surface area contributed by atoms with Gasteiger partial charge in [0.15, 0.2) is 10.8 Å². The maximum absolute atomic E-state index is 13.4. The van der Waals surface area contributed by atoms with E-state index in [2.05, 4.69) is 34.8 Å². The molecule has 0 spiro atoms. The highest BCUT2D eigenvalue weighted by Crippen LogP contribution is 2.38. The Kier molecular flexibility index (Phi) is 8.07. The summed E-state index contributed by atoms with van der Waals surface area (Å²) in [5.74, 6) is 2.69. The van der Waals surface area contributed by atoms with E-state index < -0.39 is 5.82 Å². The zero-order valence-electron chi connectivity index (χ0n) is 20.3. The molecule has 0 saturated heterocycles. The predicted molar refractivity (Wildman–Crippen MR) is 141 cm³/mol. The molecule has 2 aromatic heterocycles. The van der Waals surface area contributed by atoms with Crippen LogP contribution in [0.1, 0.15) is 36.6 Å². The Morgan fingerprint density at radius 3 is 2.56 bits per heavy atom. The number of methoxy groups -OCH3 is 2. The van der Waals surface area contributed by atoms with Crippen molar-refractivity contribution in [2.45, 2.75) is 26.2 Å². The number of aryl methyl sites for hydroxylation is 1. The average Bonchev–Trinajstić information content (AvgIpc) is 3.54. The first kappa shape index (κ1) is 25.5. The van der Waals surface area contributed by atoms with Crippen LogP contribution in [0.4, 0.5) is 10.3 Å². The van der Waals surface area contributed by atoms with Gasteiger partial charge in [0.2, 0.25) is 5.95 Å². The van der Waals surface area contributed by atoms with Crippen molar-refractivity contribution in [1.82, 2.24) is 19.7 Å².